The van der Waals surface area contributed by atoms with Crippen molar-refractivity contribution in [3.63, 3.8) is 0 Å². The Morgan fingerprint density at radius 2 is 1.01 bits per heavy atom. The van der Waals surface area contributed by atoms with E-state index >= 15 is 0 Å². The van der Waals surface area contributed by atoms with Gasteiger partial charge in [-0.1, -0.05) is 178 Å². The third kappa shape index (κ3) is 6.54. The van der Waals surface area contributed by atoms with Gasteiger partial charge >= 0.3 is 0 Å². The molecular formula is C69H67BN2S. The fourth-order valence-electron chi connectivity index (χ4n) is 14.8. The number of anilines is 6. The topological polar surface area (TPSA) is 6.48 Å². The minimum absolute atomic E-state index is 0.00361. The summed E-state index contributed by atoms with van der Waals surface area (Å²) in [5, 5.41) is 2.68. The maximum absolute atomic E-state index is 2.80. The predicted molar refractivity (Wildman–Crippen MR) is 315 cm³/mol. The smallest absolute Gasteiger partial charge is 0.252 e. The molecule has 73 heavy (non-hydrogen) atoms. The van der Waals surface area contributed by atoms with Gasteiger partial charge in [0.05, 0.1) is 5.69 Å². The molecule has 2 nitrogen and oxygen atoms in total. The lowest BCUT2D eigenvalue weighted by molar-refractivity contribution is 0.332. The largest absolute Gasteiger partial charge is 0.311 e. The molecule has 1 fully saturated rings. The first-order valence-electron chi connectivity index (χ1n) is 27.4. The summed E-state index contributed by atoms with van der Waals surface area (Å²) in [7, 11) is 0. The molecule has 4 heteroatoms. The molecule has 1 saturated carbocycles. The molecule has 3 heterocycles. The molecule has 2 aliphatic heterocycles. The highest BCUT2D eigenvalue weighted by atomic mass is 32.1. The molecule has 0 bridgehead atoms. The van der Waals surface area contributed by atoms with Crippen LogP contribution in [-0.2, 0) is 21.7 Å². The summed E-state index contributed by atoms with van der Waals surface area (Å²) >= 11 is 1.95. The molecule has 0 N–H and O–H groups in total. The third-order valence-corrected chi connectivity index (χ3v) is 20.2. The van der Waals surface area contributed by atoms with E-state index in [0.717, 1.165) is 0 Å². The predicted octanol–water partition coefficient (Wildman–Crippen LogP) is 17.5. The SMILES string of the molecule is Cc1cc2c(cc1N1c3cc4c(cc3B3c5cc6sc7ccccc7c6cc5N(c5ccccc5-c5ccccc5)c5cc(C6CCCCC6)cc1c53)C(C)(C)c1ccccc1C4(C)C)C(C)(C)CCC2(C)C. The quantitative estimate of drug-likeness (QED) is 0.162. The Balaban J connectivity index is 1.15. The number of fused-ring (bicyclic) bond motifs is 10. The van der Waals surface area contributed by atoms with Crippen LogP contribution in [0.3, 0.4) is 0 Å². The number of hydrogen-bond acceptors (Lipinski definition) is 3. The second-order valence-corrected chi connectivity index (χ2v) is 26.1. The van der Waals surface area contributed by atoms with Gasteiger partial charge in [-0.15, -0.1) is 11.3 Å². The van der Waals surface area contributed by atoms with E-state index in [0.29, 0.717) is 5.92 Å². The van der Waals surface area contributed by atoms with Gasteiger partial charge in [-0.3, -0.25) is 0 Å². The second-order valence-electron chi connectivity index (χ2n) is 25.0. The first-order chi connectivity index (χ1) is 35.1. The maximum Gasteiger partial charge on any atom is 0.252 e. The molecule has 0 unspecified atom stereocenters. The van der Waals surface area contributed by atoms with E-state index in [1.807, 2.05) is 11.3 Å². The van der Waals surface area contributed by atoms with Gasteiger partial charge in [0.25, 0.3) is 6.71 Å². The van der Waals surface area contributed by atoms with Crippen LogP contribution >= 0.6 is 11.3 Å². The van der Waals surface area contributed by atoms with Crippen molar-refractivity contribution < 1.29 is 0 Å². The number of benzene rings is 8. The molecule has 0 saturated heterocycles. The van der Waals surface area contributed by atoms with Crippen molar-refractivity contribution in [1.29, 1.82) is 0 Å². The minimum Gasteiger partial charge on any atom is -0.311 e. The summed E-state index contributed by atoms with van der Waals surface area (Å²) in [6, 6.07) is 60.0. The molecule has 0 amide bonds. The molecule has 5 aliphatic rings. The van der Waals surface area contributed by atoms with Gasteiger partial charge in [0.2, 0.25) is 0 Å². The summed E-state index contributed by atoms with van der Waals surface area (Å²) in [5.41, 5.74) is 25.9. The molecular weight excluding hydrogens is 900 g/mol. The van der Waals surface area contributed by atoms with Crippen LogP contribution in [0.25, 0.3) is 31.3 Å². The van der Waals surface area contributed by atoms with Gasteiger partial charge in [-0.05, 0) is 164 Å². The number of rotatable bonds is 4. The highest BCUT2D eigenvalue weighted by Gasteiger charge is 2.49. The molecule has 362 valence electrons. The van der Waals surface area contributed by atoms with Gasteiger partial charge in [0.1, 0.15) is 0 Å². The van der Waals surface area contributed by atoms with Crippen LogP contribution in [0.2, 0.25) is 0 Å². The lowest BCUT2D eigenvalue weighted by atomic mass is 9.33. The Bertz CT molecular complexity index is 3770. The van der Waals surface area contributed by atoms with E-state index in [2.05, 4.69) is 224 Å². The van der Waals surface area contributed by atoms with Gasteiger partial charge in [-0.2, -0.15) is 0 Å². The maximum atomic E-state index is 2.80. The normalized spacial score (nSPS) is 18.7. The van der Waals surface area contributed by atoms with E-state index < -0.39 is 0 Å². The Labute approximate surface area is 438 Å². The molecule has 0 spiro atoms. The molecule has 0 atom stereocenters. The fourth-order valence-corrected chi connectivity index (χ4v) is 16.0. The van der Waals surface area contributed by atoms with Crippen molar-refractivity contribution >= 4 is 88.7 Å². The molecule has 8 aromatic carbocycles. The summed E-state index contributed by atoms with van der Waals surface area (Å²) in [6.07, 6.45) is 8.73. The number of para-hydroxylation sites is 1. The second kappa shape index (κ2) is 15.8. The first kappa shape index (κ1) is 45.3. The van der Waals surface area contributed by atoms with Crippen LogP contribution in [0.5, 0.6) is 0 Å². The number of thiophene rings is 1. The van der Waals surface area contributed by atoms with Crippen molar-refractivity contribution in [3.8, 4) is 11.1 Å². The summed E-state index contributed by atoms with van der Waals surface area (Å²) < 4.78 is 2.70. The van der Waals surface area contributed by atoms with E-state index in [1.165, 1.54) is 171 Å². The number of nitrogens with zero attached hydrogens (tertiary/aromatic N) is 2. The average Bonchev–Trinajstić information content (AvgIpc) is 3.77. The minimum atomic E-state index is -0.208. The molecule has 14 rings (SSSR count). The van der Waals surface area contributed by atoms with E-state index in [1.54, 1.807) is 0 Å². The Morgan fingerprint density at radius 3 is 1.73 bits per heavy atom. The zero-order valence-electron chi connectivity index (χ0n) is 44.3. The van der Waals surface area contributed by atoms with Crippen LogP contribution in [-0.4, -0.2) is 6.71 Å². The van der Waals surface area contributed by atoms with Crippen molar-refractivity contribution in [1.82, 2.24) is 0 Å². The highest BCUT2D eigenvalue weighted by molar-refractivity contribution is 7.26. The van der Waals surface area contributed by atoms with Crippen LogP contribution in [0, 0.1) is 6.92 Å². The lowest BCUT2D eigenvalue weighted by Gasteiger charge is -2.49. The number of hydrogen-bond donors (Lipinski definition) is 0. The fraction of sp³-hybridized carbons (Fsp3) is 0.304. The lowest BCUT2D eigenvalue weighted by Crippen LogP contribution is -2.62. The third-order valence-electron chi connectivity index (χ3n) is 19.1. The van der Waals surface area contributed by atoms with Gasteiger partial charge in [0.15, 0.2) is 0 Å². The Kier molecular flexibility index (Phi) is 9.82. The van der Waals surface area contributed by atoms with Crippen molar-refractivity contribution in [2.45, 2.75) is 135 Å². The van der Waals surface area contributed by atoms with Crippen LogP contribution in [0.1, 0.15) is 151 Å². The molecule has 0 radical (unpaired) electrons. The van der Waals surface area contributed by atoms with Crippen molar-refractivity contribution in [2.75, 3.05) is 9.80 Å². The van der Waals surface area contributed by atoms with E-state index in [9.17, 15) is 0 Å². The first-order valence-corrected chi connectivity index (χ1v) is 28.3. The molecule has 1 aromatic heterocycles. The van der Waals surface area contributed by atoms with Crippen LogP contribution in [0.4, 0.5) is 34.1 Å². The van der Waals surface area contributed by atoms with Crippen LogP contribution < -0.4 is 26.2 Å². The summed E-state index contributed by atoms with van der Waals surface area (Å²) in [5.74, 6) is 0.497. The average molecular weight is 967 g/mol. The van der Waals surface area contributed by atoms with Crippen molar-refractivity contribution in [3.05, 3.63) is 196 Å². The summed E-state index contributed by atoms with van der Waals surface area (Å²) in [4.78, 5) is 5.53. The zero-order valence-corrected chi connectivity index (χ0v) is 45.2. The summed E-state index contributed by atoms with van der Waals surface area (Å²) in [6.45, 7) is 22.3. The van der Waals surface area contributed by atoms with E-state index in [4.69, 9.17) is 0 Å². The van der Waals surface area contributed by atoms with E-state index in [-0.39, 0.29) is 28.4 Å². The zero-order chi connectivity index (χ0) is 49.9. The number of aryl methyl sites for hydroxylation is 1. The Hall–Kier alpha value is -6.36. The highest BCUT2D eigenvalue weighted by Crippen LogP contribution is 2.56. The van der Waals surface area contributed by atoms with Gasteiger partial charge in [-0.25, -0.2) is 0 Å². The molecule has 9 aromatic rings. The van der Waals surface area contributed by atoms with Gasteiger partial charge in [0, 0.05) is 65.0 Å². The molecule has 3 aliphatic carbocycles. The van der Waals surface area contributed by atoms with Crippen LogP contribution in [0.15, 0.2) is 152 Å². The monoisotopic (exact) mass is 967 g/mol. The standard InChI is InChI=1S/C69H67BN2S/c1-42-34-51-52(67(4,5)33-32-66(51,2)3)39-58(42)72-60-40-54-53(68(6,7)49-28-18-19-29-50(49)69(54,8)9)38-55(60)70-56-41-64-48(47-27-17-21-31-63(47)73-64)37-59(56)71(57-30-20-16-26-46(57)44-24-14-11-15-25-44)61-35-45(36-62(72)65(61)70)43-22-12-10-13-23-43/h11,14-21,24-31,34-41,43H,10,12-13,22-23,32-33H2,1-9H3. The van der Waals surface area contributed by atoms with Gasteiger partial charge < -0.3 is 9.80 Å². The van der Waals surface area contributed by atoms with Crippen molar-refractivity contribution in [2.24, 2.45) is 0 Å². The Morgan fingerprint density at radius 1 is 0.452 bits per heavy atom.